The molecule has 6 nitrogen and oxygen atoms in total. The van der Waals surface area contributed by atoms with Crippen molar-refractivity contribution in [1.29, 1.82) is 5.26 Å². The fourth-order valence-electron chi connectivity index (χ4n) is 2.75. The summed E-state index contributed by atoms with van der Waals surface area (Å²) in [5.41, 5.74) is 2.87. The SMILES string of the molecule is CC(O)c1ccnn1[C@@H](C)Cn1ccc(-c2ccc(C#N)c(Cl)c2)n1. The molecule has 2 atom stereocenters. The lowest BCUT2D eigenvalue weighted by molar-refractivity contribution is 0.182. The van der Waals surface area contributed by atoms with Gasteiger partial charge in [-0.2, -0.15) is 15.5 Å². The van der Waals surface area contributed by atoms with Gasteiger partial charge in [0.15, 0.2) is 0 Å². The molecule has 0 bridgehead atoms. The molecule has 25 heavy (non-hydrogen) atoms. The predicted octanol–water partition coefficient (Wildman–Crippen LogP) is 3.59. The molecule has 2 aromatic heterocycles. The Kier molecular flexibility index (Phi) is 4.88. The van der Waals surface area contributed by atoms with E-state index in [4.69, 9.17) is 16.9 Å². The first-order valence-electron chi connectivity index (χ1n) is 7.94. The lowest BCUT2D eigenvalue weighted by Gasteiger charge is -2.17. The molecular weight excluding hydrogens is 338 g/mol. The van der Waals surface area contributed by atoms with Crippen molar-refractivity contribution >= 4 is 11.6 Å². The van der Waals surface area contributed by atoms with E-state index in [9.17, 15) is 5.11 Å². The van der Waals surface area contributed by atoms with Gasteiger partial charge in [-0.15, -0.1) is 0 Å². The molecule has 3 aromatic rings. The summed E-state index contributed by atoms with van der Waals surface area (Å²) in [6.07, 6.45) is 3.01. The molecule has 0 saturated carbocycles. The number of hydrogen-bond acceptors (Lipinski definition) is 4. The third kappa shape index (κ3) is 3.58. The van der Waals surface area contributed by atoms with Crippen molar-refractivity contribution < 1.29 is 5.11 Å². The molecule has 1 aromatic carbocycles. The molecule has 1 unspecified atom stereocenters. The molecule has 0 saturated heterocycles. The van der Waals surface area contributed by atoms with Crippen LogP contribution < -0.4 is 0 Å². The van der Waals surface area contributed by atoms with Gasteiger partial charge in [0.2, 0.25) is 0 Å². The highest BCUT2D eigenvalue weighted by atomic mass is 35.5. The second kappa shape index (κ2) is 7.09. The van der Waals surface area contributed by atoms with E-state index in [2.05, 4.69) is 10.2 Å². The van der Waals surface area contributed by atoms with Gasteiger partial charge in [0.1, 0.15) is 6.07 Å². The van der Waals surface area contributed by atoms with Crippen LogP contribution in [0.15, 0.2) is 42.7 Å². The number of rotatable bonds is 5. The number of aliphatic hydroxyl groups is 1. The topological polar surface area (TPSA) is 79.7 Å². The first kappa shape index (κ1) is 17.2. The number of benzene rings is 1. The molecule has 0 aliphatic rings. The third-order valence-corrected chi connectivity index (χ3v) is 4.34. The number of nitriles is 1. The van der Waals surface area contributed by atoms with Crippen molar-refractivity contribution in [2.24, 2.45) is 0 Å². The van der Waals surface area contributed by atoms with Gasteiger partial charge >= 0.3 is 0 Å². The zero-order valence-corrected chi connectivity index (χ0v) is 14.7. The van der Waals surface area contributed by atoms with Crippen molar-refractivity contribution in [3.05, 3.63) is 59.0 Å². The van der Waals surface area contributed by atoms with Crippen LogP contribution >= 0.6 is 11.6 Å². The summed E-state index contributed by atoms with van der Waals surface area (Å²) in [6, 6.07) is 11.1. The maximum absolute atomic E-state index is 9.81. The van der Waals surface area contributed by atoms with Gasteiger partial charge in [-0.05, 0) is 38.1 Å². The van der Waals surface area contributed by atoms with Crippen LogP contribution in [0.2, 0.25) is 5.02 Å². The van der Waals surface area contributed by atoms with Crippen molar-refractivity contribution in [2.75, 3.05) is 0 Å². The Morgan fingerprint density at radius 1 is 1.28 bits per heavy atom. The molecule has 2 heterocycles. The van der Waals surface area contributed by atoms with E-state index in [-0.39, 0.29) is 6.04 Å². The molecule has 128 valence electrons. The minimum absolute atomic E-state index is 0.0388. The molecule has 0 spiro atoms. The smallest absolute Gasteiger partial charge is 0.101 e. The molecule has 3 rings (SSSR count). The molecule has 1 N–H and O–H groups in total. The fraction of sp³-hybridized carbons (Fsp3) is 0.278. The van der Waals surface area contributed by atoms with E-state index in [0.29, 0.717) is 17.1 Å². The Labute approximate surface area is 150 Å². The molecule has 0 aliphatic heterocycles. The van der Waals surface area contributed by atoms with Crippen LogP contribution in [-0.2, 0) is 6.54 Å². The van der Waals surface area contributed by atoms with Crippen LogP contribution in [0.5, 0.6) is 0 Å². The van der Waals surface area contributed by atoms with Crippen LogP contribution in [0.1, 0.15) is 37.3 Å². The summed E-state index contributed by atoms with van der Waals surface area (Å²) in [5, 5.41) is 28.1. The number of nitrogens with zero attached hydrogens (tertiary/aromatic N) is 5. The Morgan fingerprint density at radius 3 is 2.76 bits per heavy atom. The largest absolute Gasteiger partial charge is 0.387 e. The van der Waals surface area contributed by atoms with Crippen LogP contribution in [0.3, 0.4) is 0 Å². The zero-order chi connectivity index (χ0) is 18.0. The van der Waals surface area contributed by atoms with Crippen molar-refractivity contribution in [1.82, 2.24) is 19.6 Å². The quantitative estimate of drug-likeness (QED) is 0.758. The van der Waals surface area contributed by atoms with E-state index in [0.717, 1.165) is 17.0 Å². The van der Waals surface area contributed by atoms with E-state index in [1.165, 1.54) is 0 Å². The maximum atomic E-state index is 9.81. The highest BCUT2D eigenvalue weighted by Crippen LogP contribution is 2.24. The van der Waals surface area contributed by atoms with E-state index < -0.39 is 6.10 Å². The molecule has 0 radical (unpaired) electrons. The van der Waals surface area contributed by atoms with E-state index in [1.54, 1.807) is 25.3 Å². The predicted molar refractivity (Wildman–Crippen MR) is 95.0 cm³/mol. The second-order valence-corrected chi connectivity index (χ2v) is 6.36. The number of aliphatic hydroxyl groups excluding tert-OH is 1. The lowest BCUT2D eigenvalue weighted by Crippen LogP contribution is -2.18. The van der Waals surface area contributed by atoms with Crippen molar-refractivity contribution in [3.8, 4) is 17.3 Å². The van der Waals surface area contributed by atoms with Gasteiger partial charge in [0.25, 0.3) is 0 Å². The van der Waals surface area contributed by atoms with E-state index >= 15 is 0 Å². The summed E-state index contributed by atoms with van der Waals surface area (Å²) in [5.74, 6) is 0. The molecule has 0 fully saturated rings. The van der Waals surface area contributed by atoms with Gasteiger partial charge in [-0.25, -0.2) is 0 Å². The lowest BCUT2D eigenvalue weighted by atomic mass is 10.1. The molecule has 7 heteroatoms. The van der Waals surface area contributed by atoms with Crippen LogP contribution in [-0.4, -0.2) is 24.7 Å². The first-order valence-corrected chi connectivity index (χ1v) is 8.32. The Balaban J connectivity index is 1.79. The minimum atomic E-state index is -0.570. The second-order valence-electron chi connectivity index (χ2n) is 5.96. The summed E-state index contributed by atoms with van der Waals surface area (Å²) in [6.45, 7) is 4.37. The first-order chi connectivity index (χ1) is 12.0. The van der Waals surface area contributed by atoms with Crippen LogP contribution in [0.4, 0.5) is 0 Å². The van der Waals surface area contributed by atoms with Gasteiger partial charge < -0.3 is 5.11 Å². The van der Waals surface area contributed by atoms with Crippen LogP contribution in [0, 0.1) is 11.3 Å². The van der Waals surface area contributed by atoms with Gasteiger partial charge in [0.05, 0.1) is 40.7 Å². The van der Waals surface area contributed by atoms with Crippen LogP contribution in [0.25, 0.3) is 11.3 Å². The normalized spacial score (nSPS) is 13.4. The van der Waals surface area contributed by atoms with Crippen molar-refractivity contribution in [2.45, 2.75) is 32.5 Å². The van der Waals surface area contributed by atoms with E-state index in [1.807, 2.05) is 46.8 Å². The van der Waals surface area contributed by atoms with Crippen molar-refractivity contribution in [3.63, 3.8) is 0 Å². The average molecular weight is 356 g/mol. The summed E-state index contributed by atoms with van der Waals surface area (Å²) in [7, 11) is 0. The maximum Gasteiger partial charge on any atom is 0.101 e. The number of halogens is 1. The molecule has 0 aliphatic carbocycles. The summed E-state index contributed by atoms with van der Waals surface area (Å²) in [4.78, 5) is 0. The number of hydrogen-bond donors (Lipinski definition) is 1. The summed E-state index contributed by atoms with van der Waals surface area (Å²) >= 11 is 6.09. The Bertz CT molecular complexity index is 922. The monoisotopic (exact) mass is 355 g/mol. The Hall–Kier alpha value is -2.62. The molecule has 0 amide bonds. The third-order valence-electron chi connectivity index (χ3n) is 4.02. The number of aromatic nitrogens is 4. The standard InChI is InChI=1S/C18H18ClN5O/c1-12(24-18(13(2)25)5-7-21-24)11-23-8-6-17(22-23)14-3-4-15(10-20)16(19)9-14/h3-9,12-13,25H,11H2,1-2H3/t12-,13?/m0/s1. The summed E-state index contributed by atoms with van der Waals surface area (Å²) < 4.78 is 3.64. The van der Waals surface area contributed by atoms with Gasteiger partial charge in [-0.1, -0.05) is 17.7 Å². The highest BCUT2D eigenvalue weighted by molar-refractivity contribution is 6.32. The fourth-order valence-corrected chi connectivity index (χ4v) is 2.98. The zero-order valence-electron chi connectivity index (χ0n) is 14.0. The van der Waals surface area contributed by atoms with Gasteiger partial charge in [-0.3, -0.25) is 9.36 Å². The highest BCUT2D eigenvalue weighted by Gasteiger charge is 2.15. The Morgan fingerprint density at radius 2 is 2.08 bits per heavy atom. The average Bonchev–Trinajstić information content (AvgIpc) is 3.24. The molecular formula is C18H18ClN5O. The van der Waals surface area contributed by atoms with Gasteiger partial charge in [0, 0.05) is 18.0 Å². The minimum Gasteiger partial charge on any atom is -0.387 e.